The topological polar surface area (TPSA) is 97.1 Å². The summed E-state index contributed by atoms with van der Waals surface area (Å²) in [6, 6.07) is 15.1. The third-order valence-electron chi connectivity index (χ3n) is 7.57. The minimum atomic E-state index is -0.191. The molecular formula is C30H42N4O5. The van der Waals surface area contributed by atoms with E-state index in [-0.39, 0.29) is 5.92 Å². The number of rotatable bonds is 8. The standard InChI is InChI=1S/C27H34N4O2.C2H4O2.CH4O/c1-20-8-9-23-24(29(20)2)10-11-25-27(23)28-26(18-22(19-32)21-6-4-3-5-7-21)31(25)13-12-30-14-16-33-17-15-30;1-4-2-3;1-2/h3-7,10-11,19-20,22H,8-9,12-18H2,1-2H3;2H,1H3;2H,1H3. The molecule has 1 N–H and O–H groups in total. The zero-order valence-electron chi connectivity index (χ0n) is 23.6. The molecule has 5 rings (SSSR count). The highest BCUT2D eigenvalue weighted by molar-refractivity contribution is 5.86. The summed E-state index contributed by atoms with van der Waals surface area (Å²) in [5.41, 5.74) is 6.00. The van der Waals surface area contributed by atoms with Crippen LogP contribution in [0, 0.1) is 0 Å². The molecule has 3 heterocycles. The molecule has 0 saturated carbocycles. The van der Waals surface area contributed by atoms with Crippen LogP contribution in [0.3, 0.4) is 0 Å². The van der Waals surface area contributed by atoms with Crippen LogP contribution in [0.1, 0.15) is 36.2 Å². The van der Waals surface area contributed by atoms with Gasteiger partial charge >= 0.3 is 0 Å². The van der Waals surface area contributed by atoms with Gasteiger partial charge < -0.3 is 28.8 Å². The highest BCUT2D eigenvalue weighted by Gasteiger charge is 2.26. The molecule has 9 heteroatoms. The number of aryl methyl sites for hydroxylation is 1. The molecule has 2 aliphatic heterocycles. The molecule has 1 fully saturated rings. The molecule has 1 aromatic heterocycles. The summed E-state index contributed by atoms with van der Waals surface area (Å²) in [7, 11) is 4.50. The summed E-state index contributed by atoms with van der Waals surface area (Å²) in [6.07, 6.45) is 3.88. The molecular weight excluding hydrogens is 496 g/mol. The number of aldehydes is 1. The maximum atomic E-state index is 12.1. The predicted octanol–water partition coefficient (Wildman–Crippen LogP) is 3.06. The fourth-order valence-electron chi connectivity index (χ4n) is 5.26. The van der Waals surface area contributed by atoms with Crippen molar-refractivity contribution in [2.75, 3.05) is 59.0 Å². The zero-order chi connectivity index (χ0) is 28.2. The van der Waals surface area contributed by atoms with Crippen LogP contribution in [0.25, 0.3) is 11.0 Å². The maximum absolute atomic E-state index is 12.1. The zero-order valence-corrected chi connectivity index (χ0v) is 23.6. The van der Waals surface area contributed by atoms with Gasteiger partial charge in [0.2, 0.25) is 0 Å². The van der Waals surface area contributed by atoms with Crippen molar-refractivity contribution in [2.45, 2.75) is 44.7 Å². The van der Waals surface area contributed by atoms with E-state index in [1.807, 2.05) is 30.3 Å². The number of aliphatic hydroxyl groups excluding tert-OH is 1. The predicted molar refractivity (Wildman–Crippen MR) is 153 cm³/mol. The molecule has 9 nitrogen and oxygen atoms in total. The van der Waals surface area contributed by atoms with Crippen LogP contribution in [-0.2, 0) is 38.4 Å². The molecule has 2 aromatic carbocycles. The third-order valence-corrected chi connectivity index (χ3v) is 7.57. The van der Waals surface area contributed by atoms with Gasteiger partial charge in [-0.25, -0.2) is 4.98 Å². The Hall–Kier alpha value is -3.27. The first-order valence-electron chi connectivity index (χ1n) is 13.5. The van der Waals surface area contributed by atoms with Crippen LogP contribution >= 0.6 is 0 Å². The lowest BCUT2D eigenvalue weighted by molar-refractivity contribution is -0.126. The fourth-order valence-corrected chi connectivity index (χ4v) is 5.26. The summed E-state index contributed by atoms with van der Waals surface area (Å²) in [4.78, 5) is 31.1. The second-order valence-corrected chi connectivity index (χ2v) is 9.75. The van der Waals surface area contributed by atoms with E-state index in [1.165, 1.54) is 23.9 Å². The smallest absolute Gasteiger partial charge is 0.292 e. The van der Waals surface area contributed by atoms with Crippen LogP contribution in [0.15, 0.2) is 42.5 Å². The van der Waals surface area contributed by atoms with Crippen LogP contribution in [0.4, 0.5) is 5.69 Å². The number of hydrogen-bond donors (Lipinski definition) is 1. The van der Waals surface area contributed by atoms with Crippen LogP contribution in [0.2, 0.25) is 0 Å². The second kappa shape index (κ2) is 15.4. The van der Waals surface area contributed by atoms with Crippen molar-refractivity contribution >= 4 is 29.5 Å². The number of morpholine rings is 1. The number of nitrogens with zero attached hydrogens (tertiary/aromatic N) is 4. The normalized spacial score (nSPS) is 17.7. The van der Waals surface area contributed by atoms with E-state index in [0.717, 1.165) is 82.5 Å². The van der Waals surface area contributed by atoms with E-state index in [9.17, 15) is 4.79 Å². The number of aliphatic hydroxyl groups is 1. The van der Waals surface area contributed by atoms with Crippen molar-refractivity contribution < 1.29 is 24.2 Å². The van der Waals surface area contributed by atoms with Crippen molar-refractivity contribution in [3.8, 4) is 0 Å². The van der Waals surface area contributed by atoms with Crippen LogP contribution in [0.5, 0.6) is 0 Å². The molecule has 3 aromatic rings. The number of hydrogen-bond acceptors (Lipinski definition) is 8. The van der Waals surface area contributed by atoms with E-state index < -0.39 is 0 Å². The number of benzene rings is 2. The highest BCUT2D eigenvalue weighted by Crippen LogP contribution is 2.35. The lowest BCUT2D eigenvalue weighted by Crippen LogP contribution is -2.38. The van der Waals surface area contributed by atoms with E-state index in [2.05, 4.69) is 45.2 Å². The number of carbonyl (C=O) groups excluding carboxylic acids is 2. The summed E-state index contributed by atoms with van der Waals surface area (Å²) in [6.45, 7) is 8.05. The average Bonchev–Trinajstić information content (AvgIpc) is 3.36. The van der Waals surface area contributed by atoms with E-state index >= 15 is 0 Å². The number of ether oxygens (including phenoxy) is 2. The van der Waals surface area contributed by atoms with Crippen molar-refractivity contribution in [3.63, 3.8) is 0 Å². The fraction of sp³-hybridized carbons (Fsp3) is 0.500. The van der Waals surface area contributed by atoms with Gasteiger partial charge in [-0.15, -0.1) is 0 Å². The van der Waals surface area contributed by atoms with E-state index in [1.54, 1.807) is 0 Å². The van der Waals surface area contributed by atoms with Gasteiger partial charge in [0.25, 0.3) is 6.47 Å². The molecule has 1 saturated heterocycles. The van der Waals surface area contributed by atoms with Gasteiger partial charge in [0.05, 0.1) is 31.4 Å². The lowest BCUT2D eigenvalue weighted by Gasteiger charge is -2.34. The minimum absolute atomic E-state index is 0.191. The number of anilines is 1. The van der Waals surface area contributed by atoms with E-state index in [4.69, 9.17) is 19.6 Å². The first-order valence-corrected chi connectivity index (χ1v) is 13.5. The van der Waals surface area contributed by atoms with Crippen molar-refractivity contribution in [3.05, 3.63) is 59.4 Å². The Bertz CT molecular complexity index is 1180. The van der Waals surface area contributed by atoms with Crippen molar-refractivity contribution in [1.82, 2.24) is 14.5 Å². The number of aromatic nitrogens is 2. The van der Waals surface area contributed by atoms with Gasteiger partial charge in [0, 0.05) is 70.0 Å². The largest absolute Gasteiger partial charge is 0.471 e. The Morgan fingerprint density at radius 2 is 1.79 bits per heavy atom. The summed E-state index contributed by atoms with van der Waals surface area (Å²) in [5.74, 6) is 0.817. The van der Waals surface area contributed by atoms with Gasteiger partial charge in [-0.2, -0.15) is 0 Å². The Labute approximate surface area is 231 Å². The third kappa shape index (κ3) is 7.44. The minimum Gasteiger partial charge on any atom is -0.471 e. The van der Waals surface area contributed by atoms with Gasteiger partial charge in [-0.05, 0) is 37.5 Å². The van der Waals surface area contributed by atoms with Crippen LogP contribution < -0.4 is 4.90 Å². The summed E-state index contributed by atoms with van der Waals surface area (Å²) in [5, 5.41) is 7.00. The number of carbonyl (C=O) groups is 2. The monoisotopic (exact) mass is 538 g/mol. The lowest BCUT2D eigenvalue weighted by atomic mass is 9.96. The van der Waals surface area contributed by atoms with Gasteiger partial charge in [-0.1, -0.05) is 30.3 Å². The first kappa shape index (κ1) is 30.3. The van der Waals surface area contributed by atoms with Gasteiger partial charge in [0.1, 0.15) is 12.1 Å². The first-order chi connectivity index (χ1) is 19.1. The summed E-state index contributed by atoms with van der Waals surface area (Å²) < 4.78 is 11.7. The Balaban J connectivity index is 0.000000644. The Kier molecular flexibility index (Phi) is 11.9. The maximum Gasteiger partial charge on any atom is 0.292 e. The van der Waals surface area contributed by atoms with Crippen LogP contribution in [-0.4, -0.2) is 92.5 Å². The molecule has 39 heavy (non-hydrogen) atoms. The van der Waals surface area contributed by atoms with Crippen molar-refractivity contribution in [2.24, 2.45) is 0 Å². The molecule has 2 unspecified atom stereocenters. The van der Waals surface area contributed by atoms with Gasteiger partial charge in [-0.3, -0.25) is 9.69 Å². The quantitative estimate of drug-likeness (QED) is 0.437. The van der Waals surface area contributed by atoms with Gasteiger partial charge in [0.15, 0.2) is 0 Å². The highest BCUT2D eigenvalue weighted by atomic mass is 16.5. The molecule has 2 aliphatic rings. The molecule has 0 spiro atoms. The second-order valence-electron chi connectivity index (χ2n) is 9.75. The van der Waals surface area contributed by atoms with Crippen molar-refractivity contribution in [1.29, 1.82) is 0 Å². The molecule has 0 bridgehead atoms. The molecule has 212 valence electrons. The average molecular weight is 539 g/mol. The Morgan fingerprint density at radius 3 is 2.44 bits per heavy atom. The molecule has 0 aliphatic carbocycles. The molecule has 0 radical (unpaired) electrons. The molecule has 2 atom stereocenters. The SMILES string of the molecule is CC1CCc2c(ccc3c2nc(CC(C=O)c2ccccc2)n3CCN2CCOCC2)N1C.CO.COC=O. The molecule has 0 amide bonds. The number of fused-ring (bicyclic) bond motifs is 3. The number of methoxy groups -OCH3 is 1. The number of imidazole rings is 1. The summed E-state index contributed by atoms with van der Waals surface area (Å²) >= 11 is 0. The Morgan fingerprint density at radius 1 is 1.10 bits per heavy atom. The van der Waals surface area contributed by atoms with E-state index in [0.29, 0.717) is 18.9 Å².